The number of nitrogens with one attached hydrogen (secondary N) is 1. The highest BCUT2D eigenvalue weighted by atomic mass is 35.5. The molecule has 0 aliphatic rings. The maximum Gasteiger partial charge on any atom is 0.257 e. The molecular formula is C14H9Cl2F2NO. The molecule has 104 valence electrons. The Hall–Kier alpha value is -1.65. The van der Waals surface area contributed by atoms with E-state index in [-0.39, 0.29) is 15.6 Å². The van der Waals surface area contributed by atoms with Gasteiger partial charge in [-0.1, -0.05) is 29.3 Å². The van der Waals surface area contributed by atoms with Crippen molar-refractivity contribution in [2.45, 2.75) is 6.92 Å². The average molecular weight is 316 g/mol. The highest BCUT2D eigenvalue weighted by Crippen LogP contribution is 2.25. The lowest BCUT2D eigenvalue weighted by atomic mass is 10.1. The number of benzene rings is 2. The molecule has 2 nitrogen and oxygen atoms in total. The second-order valence-corrected chi connectivity index (χ2v) is 4.97. The van der Waals surface area contributed by atoms with Gasteiger partial charge in [0.25, 0.3) is 5.91 Å². The normalized spacial score (nSPS) is 10.4. The maximum atomic E-state index is 13.4. The van der Waals surface area contributed by atoms with Gasteiger partial charge in [0.2, 0.25) is 0 Å². The molecule has 0 saturated carbocycles. The zero-order valence-electron chi connectivity index (χ0n) is 10.3. The van der Waals surface area contributed by atoms with Gasteiger partial charge in [-0.15, -0.1) is 0 Å². The molecule has 2 aromatic rings. The molecule has 0 fully saturated rings. The first-order chi connectivity index (χ1) is 9.38. The first-order valence-corrected chi connectivity index (χ1v) is 6.36. The van der Waals surface area contributed by atoms with Gasteiger partial charge in [-0.25, -0.2) is 8.78 Å². The fourth-order valence-corrected chi connectivity index (χ4v) is 2.08. The van der Waals surface area contributed by atoms with Crippen LogP contribution in [0.1, 0.15) is 15.9 Å². The molecule has 0 unspecified atom stereocenters. The van der Waals surface area contributed by atoms with Gasteiger partial charge in [0.15, 0.2) is 0 Å². The Labute approximate surface area is 124 Å². The van der Waals surface area contributed by atoms with Crippen LogP contribution in [0.25, 0.3) is 0 Å². The molecular weight excluding hydrogens is 307 g/mol. The lowest BCUT2D eigenvalue weighted by Crippen LogP contribution is -2.14. The van der Waals surface area contributed by atoms with Crippen LogP contribution in [0.2, 0.25) is 10.0 Å². The van der Waals surface area contributed by atoms with Crippen LogP contribution in [-0.2, 0) is 0 Å². The largest absolute Gasteiger partial charge is 0.322 e. The molecule has 0 atom stereocenters. The van der Waals surface area contributed by atoms with Crippen molar-refractivity contribution in [1.82, 2.24) is 0 Å². The molecule has 0 bridgehead atoms. The fraction of sp³-hybridized carbons (Fsp3) is 0.0714. The van der Waals surface area contributed by atoms with Crippen LogP contribution in [0.3, 0.4) is 0 Å². The summed E-state index contributed by atoms with van der Waals surface area (Å²) in [4.78, 5) is 12.0. The van der Waals surface area contributed by atoms with E-state index in [1.807, 2.05) is 0 Å². The Morgan fingerprint density at radius 1 is 1.10 bits per heavy atom. The Bertz CT molecular complexity index is 689. The summed E-state index contributed by atoms with van der Waals surface area (Å²) in [7, 11) is 0. The zero-order chi connectivity index (χ0) is 14.9. The van der Waals surface area contributed by atoms with E-state index >= 15 is 0 Å². The predicted octanol–water partition coefficient (Wildman–Crippen LogP) is 4.83. The van der Waals surface area contributed by atoms with Gasteiger partial charge in [0.1, 0.15) is 11.6 Å². The molecule has 0 aromatic heterocycles. The molecule has 2 rings (SSSR count). The molecule has 0 aliphatic carbocycles. The van der Waals surface area contributed by atoms with E-state index in [0.29, 0.717) is 11.3 Å². The van der Waals surface area contributed by atoms with Gasteiger partial charge in [0.05, 0.1) is 15.6 Å². The van der Waals surface area contributed by atoms with Gasteiger partial charge in [-0.2, -0.15) is 0 Å². The Kier molecular flexibility index (Phi) is 4.26. The number of halogens is 4. The molecule has 0 aliphatic heterocycles. The fourth-order valence-electron chi connectivity index (χ4n) is 1.62. The number of anilines is 1. The molecule has 0 heterocycles. The zero-order valence-corrected chi connectivity index (χ0v) is 11.8. The van der Waals surface area contributed by atoms with E-state index in [1.165, 1.54) is 18.2 Å². The number of carbonyl (C=O) groups excluding carboxylic acids is 1. The average Bonchev–Trinajstić information content (AvgIpc) is 2.38. The molecule has 1 amide bonds. The predicted molar refractivity (Wildman–Crippen MR) is 75.5 cm³/mol. The molecule has 6 heteroatoms. The van der Waals surface area contributed by atoms with Crippen LogP contribution in [0, 0.1) is 18.6 Å². The number of rotatable bonds is 2. The van der Waals surface area contributed by atoms with Crippen LogP contribution >= 0.6 is 23.2 Å². The third-order valence-electron chi connectivity index (χ3n) is 2.70. The highest BCUT2D eigenvalue weighted by Gasteiger charge is 2.15. The van der Waals surface area contributed by atoms with Crippen molar-refractivity contribution in [3.05, 3.63) is 63.1 Å². The summed E-state index contributed by atoms with van der Waals surface area (Å²) in [6.45, 7) is 1.71. The van der Waals surface area contributed by atoms with E-state index in [0.717, 1.165) is 12.1 Å². The molecule has 20 heavy (non-hydrogen) atoms. The van der Waals surface area contributed by atoms with Crippen LogP contribution in [0.4, 0.5) is 14.5 Å². The van der Waals surface area contributed by atoms with Crippen LogP contribution in [-0.4, -0.2) is 5.91 Å². The smallest absolute Gasteiger partial charge is 0.257 e. The molecule has 0 saturated heterocycles. The second-order valence-electron chi connectivity index (χ2n) is 4.16. The Morgan fingerprint density at radius 3 is 2.50 bits per heavy atom. The number of hydrogen-bond donors (Lipinski definition) is 1. The van der Waals surface area contributed by atoms with Crippen molar-refractivity contribution >= 4 is 34.8 Å². The van der Waals surface area contributed by atoms with Gasteiger partial charge < -0.3 is 5.32 Å². The van der Waals surface area contributed by atoms with E-state index in [1.54, 1.807) is 6.92 Å². The molecule has 1 N–H and O–H groups in total. The number of hydrogen-bond acceptors (Lipinski definition) is 1. The van der Waals surface area contributed by atoms with Crippen LogP contribution in [0.5, 0.6) is 0 Å². The lowest BCUT2D eigenvalue weighted by Gasteiger charge is -2.10. The Balaban J connectivity index is 2.33. The second kappa shape index (κ2) is 5.77. The first kappa shape index (κ1) is 14.8. The van der Waals surface area contributed by atoms with Crippen molar-refractivity contribution in [3.8, 4) is 0 Å². The van der Waals surface area contributed by atoms with Gasteiger partial charge in [-0.05, 0) is 36.8 Å². The number of amides is 1. The standard InChI is InChI=1S/C14H9Cl2F2NO/c1-7-2-3-8(17)4-13(7)19-14(20)9-5-12(18)11(16)6-10(9)15/h2-6H,1H3,(H,19,20). The topological polar surface area (TPSA) is 29.1 Å². The molecule has 0 spiro atoms. The summed E-state index contributed by atoms with van der Waals surface area (Å²) < 4.78 is 26.5. The summed E-state index contributed by atoms with van der Waals surface area (Å²) in [6, 6.07) is 6.06. The van der Waals surface area contributed by atoms with Gasteiger partial charge in [0, 0.05) is 5.69 Å². The van der Waals surface area contributed by atoms with E-state index in [2.05, 4.69) is 5.32 Å². The van der Waals surface area contributed by atoms with Crippen molar-refractivity contribution in [2.24, 2.45) is 0 Å². The van der Waals surface area contributed by atoms with Crippen molar-refractivity contribution in [1.29, 1.82) is 0 Å². The van der Waals surface area contributed by atoms with E-state index in [9.17, 15) is 13.6 Å². The van der Waals surface area contributed by atoms with Gasteiger partial charge in [-0.3, -0.25) is 4.79 Å². The summed E-state index contributed by atoms with van der Waals surface area (Å²) in [6.07, 6.45) is 0. The van der Waals surface area contributed by atoms with Crippen molar-refractivity contribution < 1.29 is 13.6 Å². The highest BCUT2D eigenvalue weighted by molar-refractivity contribution is 6.37. The summed E-state index contributed by atoms with van der Waals surface area (Å²) in [5.41, 5.74) is 0.893. The SMILES string of the molecule is Cc1ccc(F)cc1NC(=O)c1cc(F)c(Cl)cc1Cl. The van der Waals surface area contributed by atoms with Crippen molar-refractivity contribution in [3.63, 3.8) is 0 Å². The summed E-state index contributed by atoms with van der Waals surface area (Å²) in [5.74, 6) is -1.88. The quantitative estimate of drug-likeness (QED) is 0.790. The summed E-state index contributed by atoms with van der Waals surface area (Å²) in [5, 5.41) is 2.33. The Morgan fingerprint density at radius 2 is 1.80 bits per heavy atom. The number of aryl methyl sites for hydroxylation is 1. The third-order valence-corrected chi connectivity index (χ3v) is 3.30. The minimum atomic E-state index is -0.753. The summed E-state index contributed by atoms with van der Waals surface area (Å²) >= 11 is 11.4. The first-order valence-electron chi connectivity index (χ1n) is 5.60. The number of carbonyl (C=O) groups is 1. The van der Waals surface area contributed by atoms with E-state index < -0.39 is 17.5 Å². The molecule has 2 aromatic carbocycles. The third kappa shape index (κ3) is 3.08. The monoisotopic (exact) mass is 315 g/mol. The van der Waals surface area contributed by atoms with Crippen LogP contribution in [0.15, 0.2) is 30.3 Å². The van der Waals surface area contributed by atoms with E-state index in [4.69, 9.17) is 23.2 Å². The maximum absolute atomic E-state index is 13.4. The lowest BCUT2D eigenvalue weighted by molar-refractivity contribution is 0.102. The molecule has 0 radical (unpaired) electrons. The minimum Gasteiger partial charge on any atom is -0.322 e. The van der Waals surface area contributed by atoms with Crippen molar-refractivity contribution in [2.75, 3.05) is 5.32 Å². The van der Waals surface area contributed by atoms with Crippen LogP contribution < -0.4 is 5.32 Å². The van der Waals surface area contributed by atoms with Gasteiger partial charge >= 0.3 is 0 Å². The minimum absolute atomic E-state index is 0.0166.